The molecule has 1 fully saturated rings. The molecule has 2 aromatic carbocycles. The van der Waals surface area contributed by atoms with E-state index >= 15 is 0 Å². The molecule has 0 spiro atoms. The Labute approximate surface area is 203 Å². The Morgan fingerprint density at radius 1 is 1.20 bits per heavy atom. The number of likely N-dealkylation sites (tertiary alicyclic amines) is 1. The molecule has 3 heterocycles. The zero-order valence-corrected chi connectivity index (χ0v) is 19.2. The van der Waals surface area contributed by atoms with E-state index in [4.69, 9.17) is 11.6 Å². The van der Waals surface area contributed by atoms with Crippen molar-refractivity contribution in [2.24, 2.45) is 0 Å². The van der Waals surface area contributed by atoms with Crippen molar-refractivity contribution in [3.63, 3.8) is 0 Å². The number of hydrogen-bond acceptors (Lipinski definition) is 7. The van der Waals surface area contributed by atoms with E-state index in [0.717, 1.165) is 18.4 Å². The summed E-state index contributed by atoms with van der Waals surface area (Å²) in [6.07, 6.45) is 1.47. The largest absolute Gasteiger partial charge is 0.338 e. The highest BCUT2D eigenvalue weighted by Crippen LogP contribution is 2.26. The van der Waals surface area contributed by atoms with Gasteiger partial charge < -0.3 is 9.88 Å². The highest BCUT2D eigenvalue weighted by atomic mass is 35.5. The van der Waals surface area contributed by atoms with Crippen LogP contribution in [0.15, 0.2) is 53.3 Å². The van der Waals surface area contributed by atoms with Gasteiger partial charge in [0, 0.05) is 41.7 Å². The first-order valence-corrected chi connectivity index (χ1v) is 11.4. The second-order valence-corrected chi connectivity index (χ2v) is 8.76. The highest BCUT2D eigenvalue weighted by molar-refractivity contribution is 6.31. The first-order valence-electron chi connectivity index (χ1n) is 11.0. The van der Waals surface area contributed by atoms with Crippen molar-refractivity contribution >= 4 is 34.4 Å². The van der Waals surface area contributed by atoms with Gasteiger partial charge in [0.1, 0.15) is 5.82 Å². The maximum Gasteiger partial charge on any atom is 0.281 e. The van der Waals surface area contributed by atoms with Gasteiger partial charge in [-0.05, 0) is 36.6 Å². The molecule has 1 aliphatic heterocycles. The summed E-state index contributed by atoms with van der Waals surface area (Å²) in [6.45, 7) is 1.21. The van der Waals surface area contributed by atoms with Crippen LogP contribution in [0, 0.1) is 10.1 Å². The molecule has 0 radical (unpaired) electrons. The van der Waals surface area contributed by atoms with E-state index in [1.165, 1.54) is 28.9 Å². The van der Waals surface area contributed by atoms with Crippen molar-refractivity contribution in [2.45, 2.75) is 25.3 Å². The first-order chi connectivity index (χ1) is 16.9. The predicted molar refractivity (Wildman–Crippen MR) is 127 cm³/mol. The number of amides is 1. The van der Waals surface area contributed by atoms with E-state index in [1.54, 1.807) is 11.0 Å². The van der Waals surface area contributed by atoms with Crippen molar-refractivity contribution in [1.29, 1.82) is 0 Å². The lowest BCUT2D eigenvalue weighted by Crippen LogP contribution is -2.40. The quantitative estimate of drug-likeness (QED) is 0.332. The number of H-pyrrole nitrogens is 1. The first kappa shape index (κ1) is 22.7. The van der Waals surface area contributed by atoms with Gasteiger partial charge in [0.2, 0.25) is 0 Å². The summed E-state index contributed by atoms with van der Waals surface area (Å²) in [5.41, 5.74) is 1.21. The second-order valence-electron chi connectivity index (χ2n) is 8.36. The van der Waals surface area contributed by atoms with Crippen molar-refractivity contribution in [1.82, 2.24) is 29.9 Å². The van der Waals surface area contributed by atoms with Crippen LogP contribution in [0.4, 0.5) is 5.69 Å². The van der Waals surface area contributed by atoms with Crippen LogP contribution in [-0.4, -0.2) is 53.8 Å². The molecular formula is C23H20ClN7O4. The van der Waals surface area contributed by atoms with Gasteiger partial charge in [-0.3, -0.25) is 19.7 Å². The lowest BCUT2D eigenvalue weighted by Gasteiger charge is -2.32. The number of benzene rings is 2. The molecule has 1 atom stereocenters. The van der Waals surface area contributed by atoms with Crippen molar-refractivity contribution in [2.75, 3.05) is 13.1 Å². The molecule has 0 unspecified atom stereocenters. The lowest BCUT2D eigenvalue weighted by atomic mass is 9.96. The Kier molecular flexibility index (Phi) is 6.00. The third-order valence-corrected chi connectivity index (χ3v) is 6.46. The number of nitrogens with zero attached hydrogens (tertiary/aromatic N) is 6. The van der Waals surface area contributed by atoms with E-state index in [2.05, 4.69) is 20.3 Å². The van der Waals surface area contributed by atoms with Gasteiger partial charge in [-0.1, -0.05) is 35.0 Å². The summed E-state index contributed by atoms with van der Waals surface area (Å²) in [7, 11) is 0. The minimum atomic E-state index is -0.505. The number of rotatable bonds is 5. The smallest absolute Gasteiger partial charge is 0.281 e. The fraction of sp³-hybridized carbons (Fsp3) is 0.261. The van der Waals surface area contributed by atoms with Gasteiger partial charge >= 0.3 is 0 Å². The summed E-state index contributed by atoms with van der Waals surface area (Å²) in [5, 5.41) is 19.5. The number of halogens is 1. The number of carbonyl (C=O) groups excluding carboxylic acids is 1. The molecule has 178 valence electrons. The molecule has 1 aliphatic rings. The minimum Gasteiger partial charge on any atom is -0.338 e. The van der Waals surface area contributed by atoms with Crippen LogP contribution in [0.3, 0.4) is 0 Å². The van der Waals surface area contributed by atoms with Crippen LogP contribution >= 0.6 is 11.6 Å². The van der Waals surface area contributed by atoms with E-state index in [0.29, 0.717) is 41.7 Å². The van der Waals surface area contributed by atoms with E-state index in [1.807, 2.05) is 18.2 Å². The van der Waals surface area contributed by atoms with E-state index in [9.17, 15) is 19.7 Å². The molecule has 0 bridgehead atoms. The van der Waals surface area contributed by atoms with Crippen LogP contribution in [0.5, 0.6) is 0 Å². The van der Waals surface area contributed by atoms with Gasteiger partial charge in [0.05, 0.1) is 11.5 Å². The van der Waals surface area contributed by atoms with Gasteiger partial charge in [0.25, 0.3) is 17.2 Å². The van der Waals surface area contributed by atoms with E-state index in [-0.39, 0.29) is 23.0 Å². The number of nitro benzene ring substituents is 1. The Morgan fingerprint density at radius 3 is 2.71 bits per heavy atom. The van der Waals surface area contributed by atoms with Gasteiger partial charge in [-0.2, -0.15) is 0 Å². The summed E-state index contributed by atoms with van der Waals surface area (Å²) in [4.78, 5) is 45.3. The number of nitro groups is 1. The van der Waals surface area contributed by atoms with Gasteiger partial charge in [-0.15, -0.1) is 5.10 Å². The van der Waals surface area contributed by atoms with Crippen LogP contribution in [0.1, 0.15) is 40.5 Å². The Morgan fingerprint density at radius 2 is 1.97 bits per heavy atom. The molecule has 2 aromatic heterocycles. The van der Waals surface area contributed by atoms with Crippen molar-refractivity contribution in [3.8, 4) is 0 Å². The zero-order chi connectivity index (χ0) is 24.5. The van der Waals surface area contributed by atoms with Crippen LogP contribution in [-0.2, 0) is 6.54 Å². The predicted octanol–water partition coefficient (Wildman–Crippen LogP) is 3.14. The number of nitrogens with one attached hydrogen (secondary N) is 1. The molecule has 1 saturated heterocycles. The van der Waals surface area contributed by atoms with Crippen LogP contribution in [0.2, 0.25) is 5.02 Å². The van der Waals surface area contributed by atoms with Gasteiger partial charge in [0.15, 0.2) is 11.2 Å². The standard InChI is InChI=1S/C23H20ClN7O4/c24-18-6-2-1-4-15(18)13-30-21-19(27-28-30)22(32)26-20(25-21)16-5-3-11-29(12-16)23(33)14-7-9-17(10-8-14)31(34)35/h1-2,4,6-10,16H,3,5,11-13H2,(H,25,26,32)/t16-/m1/s1. The normalized spacial score (nSPS) is 15.9. The molecule has 5 rings (SSSR count). The number of piperidine rings is 1. The molecule has 12 heteroatoms. The maximum atomic E-state index is 13.0. The Bertz CT molecular complexity index is 1480. The van der Waals surface area contributed by atoms with Crippen molar-refractivity contribution in [3.05, 3.63) is 91.0 Å². The summed E-state index contributed by atoms with van der Waals surface area (Å²) in [6, 6.07) is 12.9. The molecule has 35 heavy (non-hydrogen) atoms. The Hall–Kier alpha value is -4.12. The average Bonchev–Trinajstić information content (AvgIpc) is 3.28. The number of fused-ring (bicyclic) bond motifs is 1. The third-order valence-electron chi connectivity index (χ3n) is 6.09. The van der Waals surface area contributed by atoms with Gasteiger partial charge in [-0.25, -0.2) is 9.67 Å². The molecule has 0 saturated carbocycles. The lowest BCUT2D eigenvalue weighted by molar-refractivity contribution is -0.384. The van der Waals surface area contributed by atoms with E-state index < -0.39 is 10.5 Å². The monoisotopic (exact) mass is 493 g/mol. The SMILES string of the molecule is O=C(c1ccc([N+](=O)[O-])cc1)N1CCC[C@@H](c2nc3c(nnn3Cc3ccccc3Cl)c(=O)[nH]2)C1. The van der Waals surface area contributed by atoms with Crippen LogP contribution < -0.4 is 5.56 Å². The summed E-state index contributed by atoms with van der Waals surface area (Å²) >= 11 is 6.28. The molecule has 1 N–H and O–H groups in total. The fourth-order valence-electron chi connectivity index (χ4n) is 4.26. The second kappa shape index (κ2) is 9.26. The fourth-order valence-corrected chi connectivity index (χ4v) is 4.46. The number of aromatic amines is 1. The third kappa shape index (κ3) is 4.50. The topological polar surface area (TPSA) is 140 Å². The van der Waals surface area contributed by atoms with Crippen LogP contribution in [0.25, 0.3) is 11.2 Å². The van der Waals surface area contributed by atoms with Crippen molar-refractivity contribution < 1.29 is 9.72 Å². The minimum absolute atomic E-state index is 0.0739. The molecule has 1 amide bonds. The molecular weight excluding hydrogens is 474 g/mol. The number of hydrogen-bond donors (Lipinski definition) is 1. The number of carbonyl (C=O) groups is 1. The number of non-ortho nitro benzene ring substituents is 1. The summed E-state index contributed by atoms with van der Waals surface area (Å²) < 4.78 is 1.54. The highest BCUT2D eigenvalue weighted by Gasteiger charge is 2.28. The zero-order valence-electron chi connectivity index (χ0n) is 18.4. The maximum absolute atomic E-state index is 13.0. The Balaban J connectivity index is 1.40. The average molecular weight is 494 g/mol. The number of aromatic nitrogens is 5. The molecule has 11 nitrogen and oxygen atoms in total. The molecule has 4 aromatic rings. The molecule has 0 aliphatic carbocycles. The summed E-state index contributed by atoms with van der Waals surface area (Å²) in [5.74, 6) is 0.0522.